The van der Waals surface area contributed by atoms with Gasteiger partial charge >= 0.3 is 30.3 Å². The molecule has 0 spiro atoms. The Hall–Kier alpha value is -4.18. The van der Waals surface area contributed by atoms with E-state index < -0.39 is 42.4 Å². The lowest BCUT2D eigenvalue weighted by atomic mass is 10.1. The van der Waals surface area contributed by atoms with Gasteiger partial charge in [0, 0.05) is 45.7 Å². The normalized spacial score (nSPS) is 11.3. The monoisotopic (exact) mass is 969 g/mol. The van der Waals surface area contributed by atoms with Crippen molar-refractivity contribution in [2.45, 2.75) is 232 Å². The fraction of sp³-hybridized carbons (Fsp3) is 0.882. The maximum absolute atomic E-state index is 12.9. The van der Waals surface area contributed by atoms with E-state index in [4.69, 9.17) is 14.2 Å². The van der Waals surface area contributed by atoms with Gasteiger partial charge in [0.2, 0.25) is 5.91 Å². The van der Waals surface area contributed by atoms with Gasteiger partial charge in [0.1, 0.15) is 19.8 Å². The molecule has 0 aromatic carbocycles. The Labute approximate surface area is 412 Å². The quantitative estimate of drug-likeness (QED) is 0.0214. The molecule has 0 aromatic heterocycles. The highest BCUT2D eigenvalue weighted by molar-refractivity contribution is 5.77. The highest BCUT2D eigenvalue weighted by Gasteiger charge is 2.19. The third-order valence-corrected chi connectivity index (χ3v) is 11.6. The zero-order valence-electron chi connectivity index (χ0n) is 43.4. The molecule has 0 heterocycles. The Balaban J connectivity index is 4.75. The van der Waals surface area contributed by atoms with E-state index in [0.29, 0.717) is 58.5 Å². The van der Waals surface area contributed by atoms with Crippen molar-refractivity contribution in [2.75, 3.05) is 59.1 Å². The predicted molar refractivity (Wildman–Crippen MR) is 273 cm³/mol. The average Bonchev–Trinajstić information content (AvgIpc) is 3.32. The van der Waals surface area contributed by atoms with E-state index in [0.717, 1.165) is 83.5 Å². The van der Waals surface area contributed by atoms with Crippen molar-refractivity contribution < 1.29 is 43.0 Å². The Bertz CT molecular complexity index is 1090. The van der Waals surface area contributed by atoms with Gasteiger partial charge in [-0.15, -0.1) is 0 Å². The Morgan fingerprint density at radius 3 is 0.926 bits per heavy atom. The second-order valence-corrected chi connectivity index (χ2v) is 18.1. The standard InChI is InChI=1S/C51H100N8O9/c1-5-9-13-17-21-27-35-52-46(60)34-33-44(41-66-49(63)55-38-30-22-18-14-10-6-2)58-47(61)53-36-28-25-26-29-37-54-48(62)59-45(42-67-50(64)56-39-31-23-19-15-11-7-3)43-68-51(65)57-40-32-24-20-16-12-8-4/h44-45H,5-43H2,1-4H3,(H,52,60)(H,55,63)(H,56,64)(H,57,65)(H2,53,58,61)(H2,54,59,62). The van der Waals surface area contributed by atoms with Crippen molar-refractivity contribution in [3.05, 3.63) is 0 Å². The Morgan fingerprint density at radius 1 is 0.324 bits per heavy atom. The molecule has 0 radical (unpaired) electrons. The topological polar surface area (TPSA) is 226 Å². The van der Waals surface area contributed by atoms with Gasteiger partial charge in [-0.05, 0) is 44.9 Å². The van der Waals surface area contributed by atoms with Gasteiger partial charge in [0.15, 0.2) is 0 Å². The molecule has 0 aliphatic rings. The number of unbranched alkanes of at least 4 members (excludes halogenated alkanes) is 23. The molecule has 0 aliphatic carbocycles. The molecule has 1 unspecified atom stereocenters. The molecule has 398 valence electrons. The minimum atomic E-state index is -0.753. The first-order valence-corrected chi connectivity index (χ1v) is 27.2. The van der Waals surface area contributed by atoms with Crippen LogP contribution in [0.15, 0.2) is 0 Å². The van der Waals surface area contributed by atoms with Crippen LogP contribution in [0.4, 0.5) is 24.0 Å². The molecule has 68 heavy (non-hydrogen) atoms. The summed E-state index contributed by atoms with van der Waals surface area (Å²) in [6.07, 6.45) is 28.5. The molecule has 0 fully saturated rings. The SMILES string of the molecule is CCCCCCCCNC(=O)CCC(COC(=O)NCCCCCCCC)NC(=O)NCCCCCCNC(=O)NC(COC(=O)NCCCCCCCC)COC(=O)NCCCCCCCC. The largest absolute Gasteiger partial charge is 0.447 e. The van der Waals surface area contributed by atoms with Crippen LogP contribution in [0.1, 0.15) is 220 Å². The molecular weight excluding hydrogens is 869 g/mol. The second kappa shape index (κ2) is 49.2. The first-order valence-electron chi connectivity index (χ1n) is 27.2. The molecular formula is C51H100N8O9. The van der Waals surface area contributed by atoms with Crippen LogP contribution < -0.4 is 42.5 Å². The van der Waals surface area contributed by atoms with Crippen LogP contribution in [-0.2, 0) is 19.0 Å². The van der Waals surface area contributed by atoms with E-state index in [9.17, 15) is 28.8 Å². The smallest absolute Gasteiger partial charge is 0.407 e. The number of hydrogen-bond donors (Lipinski definition) is 8. The molecule has 8 N–H and O–H groups in total. The fourth-order valence-electron chi connectivity index (χ4n) is 7.30. The van der Waals surface area contributed by atoms with Crippen LogP contribution in [0.5, 0.6) is 0 Å². The zero-order valence-corrected chi connectivity index (χ0v) is 43.4. The molecule has 17 nitrogen and oxygen atoms in total. The summed E-state index contributed by atoms with van der Waals surface area (Å²) in [6, 6.07) is -2.16. The number of carbonyl (C=O) groups excluding carboxylic acids is 6. The van der Waals surface area contributed by atoms with Gasteiger partial charge in [-0.1, -0.05) is 169 Å². The van der Waals surface area contributed by atoms with Crippen LogP contribution >= 0.6 is 0 Å². The molecule has 17 heteroatoms. The summed E-state index contributed by atoms with van der Waals surface area (Å²) in [5, 5.41) is 22.6. The highest BCUT2D eigenvalue weighted by atomic mass is 16.6. The van der Waals surface area contributed by atoms with E-state index in [1.54, 1.807) is 0 Å². The number of amides is 8. The molecule has 0 saturated carbocycles. The lowest BCUT2D eigenvalue weighted by Gasteiger charge is -2.19. The molecule has 0 bridgehead atoms. The molecule has 0 aliphatic heterocycles. The highest BCUT2D eigenvalue weighted by Crippen LogP contribution is 2.08. The summed E-state index contributed by atoms with van der Waals surface area (Å²) in [5.41, 5.74) is 0. The van der Waals surface area contributed by atoms with Crippen molar-refractivity contribution >= 4 is 36.2 Å². The fourth-order valence-corrected chi connectivity index (χ4v) is 7.30. The van der Waals surface area contributed by atoms with Crippen LogP contribution in [0.2, 0.25) is 0 Å². The van der Waals surface area contributed by atoms with E-state index in [1.807, 2.05) is 0 Å². The summed E-state index contributed by atoms with van der Waals surface area (Å²) >= 11 is 0. The van der Waals surface area contributed by atoms with Gasteiger partial charge in [-0.2, -0.15) is 0 Å². The third kappa shape index (κ3) is 45.6. The van der Waals surface area contributed by atoms with E-state index in [-0.39, 0.29) is 32.1 Å². The minimum Gasteiger partial charge on any atom is -0.447 e. The van der Waals surface area contributed by atoms with Crippen molar-refractivity contribution in [3.8, 4) is 0 Å². The van der Waals surface area contributed by atoms with Crippen molar-refractivity contribution in [2.24, 2.45) is 0 Å². The van der Waals surface area contributed by atoms with E-state index in [2.05, 4.69) is 70.2 Å². The molecule has 0 rings (SSSR count). The van der Waals surface area contributed by atoms with Gasteiger partial charge < -0.3 is 56.7 Å². The zero-order chi connectivity index (χ0) is 50.0. The number of carbonyl (C=O) groups is 6. The lowest BCUT2D eigenvalue weighted by Crippen LogP contribution is -2.48. The predicted octanol–water partition coefficient (Wildman–Crippen LogP) is 10.4. The molecule has 8 amide bonds. The number of hydrogen-bond acceptors (Lipinski definition) is 9. The number of nitrogens with one attached hydrogen (secondary N) is 8. The maximum Gasteiger partial charge on any atom is 0.407 e. The first-order chi connectivity index (χ1) is 33.1. The van der Waals surface area contributed by atoms with Crippen molar-refractivity contribution in [3.63, 3.8) is 0 Å². The van der Waals surface area contributed by atoms with Gasteiger partial charge in [0.05, 0.1) is 12.1 Å². The Kier molecular flexibility index (Phi) is 46.2. The number of urea groups is 2. The molecule has 0 saturated heterocycles. The van der Waals surface area contributed by atoms with E-state index in [1.165, 1.54) is 83.5 Å². The third-order valence-electron chi connectivity index (χ3n) is 11.6. The van der Waals surface area contributed by atoms with Crippen molar-refractivity contribution in [1.29, 1.82) is 0 Å². The summed E-state index contributed by atoms with van der Waals surface area (Å²) in [7, 11) is 0. The Morgan fingerprint density at radius 2 is 0.588 bits per heavy atom. The van der Waals surface area contributed by atoms with Crippen molar-refractivity contribution in [1.82, 2.24) is 42.5 Å². The average molecular weight is 969 g/mol. The van der Waals surface area contributed by atoms with E-state index >= 15 is 0 Å². The van der Waals surface area contributed by atoms with Gasteiger partial charge in [-0.3, -0.25) is 4.79 Å². The van der Waals surface area contributed by atoms with Crippen LogP contribution in [-0.4, -0.2) is 107 Å². The summed E-state index contributed by atoms with van der Waals surface area (Å²) in [4.78, 5) is 75.4. The molecule has 0 aromatic rings. The minimum absolute atomic E-state index is 0.0505. The van der Waals surface area contributed by atoms with Gasteiger partial charge in [-0.25, -0.2) is 24.0 Å². The maximum atomic E-state index is 12.9. The lowest BCUT2D eigenvalue weighted by molar-refractivity contribution is -0.121. The summed E-state index contributed by atoms with van der Waals surface area (Å²) < 4.78 is 16.2. The molecule has 1 atom stereocenters. The second-order valence-electron chi connectivity index (χ2n) is 18.1. The summed E-state index contributed by atoms with van der Waals surface area (Å²) in [5.74, 6) is -0.0927. The number of ether oxygens (including phenoxy) is 3. The van der Waals surface area contributed by atoms with Crippen LogP contribution in [0, 0.1) is 0 Å². The van der Waals surface area contributed by atoms with Crippen LogP contribution in [0.3, 0.4) is 0 Å². The van der Waals surface area contributed by atoms with Gasteiger partial charge in [0.25, 0.3) is 0 Å². The summed E-state index contributed by atoms with van der Waals surface area (Å²) in [6.45, 7) is 11.3. The number of rotatable bonds is 46. The van der Waals surface area contributed by atoms with Crippen LogP contribution in [0.25, 0.3) is 0 Å². The number of alkyl carbamates (subject to hydrolysis) is 3. The first kappa shape index (κ1) is 63.8.